The van der Waals surface area contributed by atoms with Crippen LogP contribution in [0.25, 0.3) is 16.3 Å². The third kappa shape index (κ3) is 3.63. The van der Waals surface area contributed by atoms with Crippen molar-refractivity contribution in [1.82, 2.24) is 14.9 Å². The quantitative estimate of drug-likeness (QED) is 0.678. The monoisotopic (exact) mass is 403 g/mol. The summed E-state index contributed by atoms with van der Waals surface area (Å²) in [4.78, 5) is 32.8. The normalized spacial score (nSPS) is 11.2. The van der Waals surface area contributed by atoms with E-state index in [1.807, 2.05) is 29.6 Å². The van der Waals surface area contributed by atoms with E-state index in [4.69, 9.17) is 0 Å². The number of aromatic nitrogens is 2. The fourth-order valence-corrected chi connectivity index (χ4v) is 3.34. The van der Waals surface area contributed by atoms with Crippen LogP contribution < -0.4 is 5.56 Å². The van der Waals surface area contributed by atoms with Gasteiger partial charge in [0.15, 0.2) is 0 Å². The Labute approximate surface area is 150 Å². The molecule has 0 radical (unpaired) electrons. The number of hydrogen-bond acceptors (Lipinski definition) is 4. The molecule has 2 aromatic heterocycles. The highest BCUT2D eigenvalue weighted by Gasteiger charge is 2.10. The van der Waals surface area contributed by atoms with Gasteiger partial charge in [0.05, 0.1) is 12.1 Å². The van der Waals surface area contributed by atoms with Crippen molar-refractivity contribution < 1.29 is 4.79 Å². The molecule has 0 aliphatic carbocycles. The smallest absolute Gasteiger partial charge is 0.268 e. The summed E-state index contributed by atoms with van der Waals surface area (Å²) in [5, 5.41) is 1.83. The zero-order chi connectivity index (χ0) is 17.1. The summed E-state index contributed by atoms with van der Waals surface area (Å²) in [6.45, 7) is 0.236. The largest absolute Gasteiger partial charge is 0.335 e. The third-order valence-electron chi connectivity index (χ3n) is 3.44. The van der Waals surface area contributed by atoms with Gasteiger partial charge in [-0.15, -0.1) is 11.3 Å². The minimum Gasteiger partial charge on any atom is -0.335 e. The molecule has 0 fully saturated rings. The molecule has 3 aromatic rings. The van der Waals surface area contributed by atoms with Crippen LogP contribution in [-0.2, 0) is 11.3 Å². The van der Waals surface area contributed by atoms with E-state index in [9.17, 15) is 9.59 Å². The number of likely N-dealkylation sites (N-methyl/N-ethyl adjacent to an activating group) is 1. The number of hydrogen-bond donors (Lipinski definition) is 1. The van der Waals surface area contributed by atoms with Crippen molar-refractivity contribution in [2.24, 2.45) is 0 Å². The van der Waals surface area contributed by atoms with Gasteiger partial charge in [0, 0.05) is 17.6 Å². The Hall–Kier alpha value is -2.25. The Bertz CT molecular complexity index is 977. The Morgan fingerprint density at radius 1 is 1.38 bits per heavy atom. The van der Waals surface area contributed by atoms with Crippen LogP contribution in [0.4, 0.5) is 0 Å². The van der Waals surface area contributed by atoms with Crippen LogP contribution in [-0.4, -0.2) is 27.8 Å². The minimum atomic E-state index is -0.172. The second-order valence-electron chi connectivity index (χ2n) is 5.20. The van der Waals surface area contributed by atoms with E-state index in [0.717, 1.165) is 10.0 Å². The van der Waals surface area contributed by atoms with Crippen LogP contribution in [0.2, 0.25) is 0 Å². The molecule has 0 unspecified atom stereocenters. The number of H-pyrrole nitrogens is 1. The number of nitrogens with zero attached hydrogens (tertiary/aromatic N) is 2. The number of rotatable bonds is 4. The fraction of sp³-hybridized carbons (Fsp3) is 0.118. The van der Waals surface area contributed by atoms with Crippen molar-refractivity contribution in [2.45, 2.75) is 6.54 Å². The van der Waals surface area contributed by atoms with Gasteiger partial charge in [-0.3, -0.25) is 9.59 Å². The predicted octanol–water partition coefficient (Wildman–Crippen LogP) is 3.42. The zero-order valence-electron chi connectivity index (χ0n) is 12.8. The van der Waals surface area contributed by atoms with Crippen LogP contribution in [0.3, 0.4) is 0 Å². The van der Waals surface area contributed by atoms with Gasteiger partial charge in [-0.2, -0.15) is 0 Å². The summed E-state index contributed by atoms with van der Waals surface area (Å²) >= 11 is 4.79. The SMILES string of the molecule is CN(Cc1nc2ccsc2c(=O)[nH]1)C(=O)/C=C/c1ccccc1Br. The van der Waals surface area contributed by atoms with Crippen molar-refractivity contribution in [3.8, 4) is 0 Å². The standard InChI is InChI=1S/C17H14BrN3O2S/c1-21(15(22)7-6-11-4-2-3-5-12(11)18)10-14-19-13-8-9-24-16(13)17(23)20-14/h2-9H,10H2,1H3,(H,19,20,23)/b7-6+. The summed E-state index contributed by atoms with van der Waals surface area (Å²) in [5.74, 6) is 0.301. The lowest BCUT2D eigenvalue weighted by Crippen LogP contribution is -2.26. The zero-order valence-corrected chi connectivity index (χ0v) is 15.2. The number of thiophene rings is 1. The Morgan fingerprint density at radius 2 is 2.17 bits per heavy atom. The molecule has 0 aliphatic rings. The molecular weight excluding hydrogens is 390 g/mol. The summed E-state index contributed by atoms with van der Waals surface area (Å²) in [5.41, 5.74) is 1.41. The van der Waals surface area contributed by atoms with E-state index >= 15 is 0 Å². The second kappa shape index (κ2) is 7.11. The number of amides is 1. The third-order valence-corrected chi connectivity index (χ3v) is 5.06. The maximum absolute atomic E-state index is 12.2. The number of fused-ring (bicyclic) bond motifs is 1. The molecule has 1 amide bonds. The highest BCUT2D eigenvalue weighted by molar-refractivity contribution is 9.10. The number of aromatic amines is 1. The van der Waals surface area contributed by atoms with Crippen LogP contribution in [0.15, 0.2) is 51.1 Å². The van der Waals surface area contributed by atoms with Gasteiger partial charge in [-0.25, -0.2) is 4.98 Å². The maximum Gasteiger partial charge on any atom is 0.268 e. The van der Waals surface area contributed by atoms with Gasteiger partial charge >= 0.3 is 0 Å². The lowest BCUT2D eigenvalue weighted by molar-refractivity contribution is -0.125. The molecule has 5 nitrogen and oxygen atoms in total. The summed E-state index contributed by atoms with van der Waals surface area (Å²) in [6, 6.07) is 9.45. The van der Waals surface area contributed by atoms with Gasteiger partial charge < -0.3 is 9.88 Å². The first-order valence-electron chi connectivity index (χ1n) is 7.18. The molecular formula is C17H14BrN3O2S. The van der Waals surface area contributed by atoms with Crippen molar-refractivity contribution >= 4 is 49.5 Å². The first-order valence-corrected chi connectivity index (χ1v) is 8.86. The van der Waals surface area contributed by atoms with E-state index in [-0.39, 0.29) is 18.0 Å². The molecule has 2 heterocycles. The molecule has 1 N–H and O–H groups in total. The van der Waals surface area contributed by atoms with Gasteiger partial charge in [-0.05, 0) is 29.2 Å². The molecule has 0 bridgehead atoms. The first kappa shape index (κ1) is 16.6. The van der Waals surface area contributed by atoms with Gasteiger partial charge in [-0.1, -0.05) is 34.1 Å². The molecule has 0 saturated heterocycles. The number of carbonyl (C=O) groups excluding carboxylic acids is 1. The molecule has 0 atom stereocenters. The molecule has 1 aromatic carbocycles. The summed E-state index contributed by atoms with van der Waals surface area (Å²) in [6.07, 6.45) is 3.25. The van der Waals surface area contributed by atoms with E-state index in [0.29, 0.717) is 16.0 Å². The summed E-state index contributed by atoms with van der Waals surface area (Å²) < 4.78 is 1.52. The Kier molecular flexibility index (Phi) is 4.92. The number of halogens is 1. The van der Waals surface area contributed by atoms with Gasteiger partial charge in [0.2, 0.25) is 5.91 Å². The molecule has 0 spiro atoms. The number of carbonyl (C=O) groups is 1. The molecule has 3 rings (SSSR count). The topological polar surface area (TPSA) is 66.1 Å². The van der Waals surface area contributed by atoms with Gasteiger partial charge in [0.25, 0.3) is 5.56 Å². The molecule has 0 aliphatic heterocycles. The average Bonchev–Trinajstić information content (AvgIpc) is 3.03. The van der Waals surface area contributed by atoms with Crippen molar-refractivity contribution in [3.05, 3.63) is 68.0 Å². The van der Waals surface area contributed by atoms with Crippen LogP contribution in [0.1, 0.15) is 11.4 Å². The molecule has 122 valence electrons. The highest BCUT2D eigenvalue weighted by Crippen LogP contribution is 2.17. The minimum absolute atomic E-state index is 0.168. The van der Waals surface area contributed by atoms with Crippen LogP contribution >= 0.6 is 27.3 Å². The van der Waals surface area contributed by atoms with Gasteiger partial charge in [0.1, 0.15) is 10.5 Å². The van der Waals surface area contributed by atoms with E-state index < -0.39 is 0 Å². The van der Waals surface area contributed by atoms with E-state index in [1.54, 1.807) is 19.2 Å². The second-order valence-corrected chi connectivity index (χ2v) is 6.97. The van der Waals surface area contributed by atoms with Crippen LogP contribution in [0, 0.1) is 0 Å². The number of nitrogens with one attached hydrogen (secondary N) is 1. The fourth-order valence-electron chi connectivity index (χ4n) is 2.20. The number of benzene rings is 1. The predicted molar refractivity (Wildman–Crippen MR) is 99.9 cm³/mol. The van der Waals surface area contributed by atoms with E-state index in [1.165, 1.54) is 22.3 Å². The summed E-state index contributed by atoms with van der Waals surface area (Å²) in [7, 11) is 1.67. The maximum atomic E-state index is 12.2. The lowest BCUT2D eigenvalue weighted by atomic mass is 10.2. The average molecular weight is 404 g/mol. The van der Waals surface area contributed by atoms with Crippen LogP contribution in [0.5, 0.6) is 0 Å². The van der Waals surface area contributed by atoms with Crippen molar-refractivity contribution in [2.75, 3.05) is 7.05 Å². The molecule has 7 heteroatoms. The lowest BCUT2D eigenvalue weighted by Gasteiger charge is -2.14. The molecule has 0 saturated carbocycles. The Morgan fingerprint density at radius 3 is 2.96 bits per heavy atom. The first-order chi connectivity index (χ1) is 11.5. The van der Waals surface area contributed by atoms with Crippen molar-refractivity contribution in [3.63, 3.8) is 0 Å². The highest BCUT2D eigenvalue weighted by atomic mass is 79.9. The Balaban J connectivity index is 1.73. The van der Waals surface area contributed by atoms with E-state index in [2.05, 4.69) is 25.9 Å². The molecule has 24 heavy (non-hydrogen) atoms. The van der Waals surface area contributed by atoms with Crippen molar-refractivity contribution in [1.29, 1.82) is 0 Å².